The van der Waals surface area contributed by atoms with Crippen molar-refractivity contribution in [2.75, 3.05) is 13.1 Å². The monoisotopic (exact) mass is 386 g/mol. The van der Waals surface area contributed by atoms with Crippen molar-refractivity contribution in [2.45, 2.75) is 26.9 Å². The normalized spacial score (nSPS) is 11.4. The fourth-order valence-electron chi connectivity index (χ4n) is 2.39. The average molecular weight is 386 g/mol. The summed E-state index contributed by atoms with van der Waals surface area (Å²) in [6, 6.07) is 10.8. The number of nitrogens with one attached hydrogen (secondary N) is 2. The molecule has 0 aliphatic carbocycles. The van der Waals surface area contributed by atoms with Gasteiger partial charge in [-0.25, -0.2) is 4.39 Å². The molecule has 0 aliphatic heterocycles. The van der Waals surface area contributed by atoms with Gasteiger partial charge in [-0.05, 0) is 50.6 Å². The highest BCUT2D eigenvalue weighted by Gasteiger charge is 2.15. The molecule has 0 fully saturated rings. The van der Waals surface area contributed by atoms with Crippen molar-refractivity contribution in [3.63, 3.8) is 0 Å². The molecule has 2 aromatic carbocycles. The second kappa shape index (κ2) is 9.64. The minimum Gasteiger partial charge on any atom is -0.481 e. The predicted molar refractivity (Wildman–Crippen MR) is 103 cm³/mol. The summed E-state index contributed by atoms with van der Waals surface area (Å²) in [5.74, 6) is -0.889. The Morgan fingerprint density at radius 1 is 1.04 bits per heavy atom. The van der Waals surface area contributed by atoms with Crippen LogP contribution in [-0.2, 0) is 4.79 Å². The van der Waals surface area contributed by atoms with E-state index in [9.17, 15) is 18.8 Å². The van der Waals surface area contributed by atoms with Gasteiger partial charge in [0.15, 0.2) is 11.9 Å². The fraction of sp³-hybridized carbons (Fsp3) is 0.286. The standard InChI is InChI=1S/C21H23FN2O4/c1-13-7-8-17(12-19(13)22)21(27)24-10-9-23-20(26)15(3)28-18-6-4-5-16(11-18)14(2)25/h4-8,11-12,15H,9-10H2,1-3H3,(H,23,26)(H,24,27). The summed E-state index contributed by atoms with van der Waals surface area (Å²) < 4.78 is 19.0. The van der Waals surface area contributed by atoms with Gasteiger partial charge in [-0.1, -0.05) is 18.2 Å². The number of Topliss-reactive ketones (excluding diaryl/α,β-unsaturated/α-hetero) is 1. The molecule has 2 amide bonds. The maximum atomic E-state index is 13.5. The van der Waals surface area contributed by atoms with Gasteiger partial charge in [0.2, 0.25) is 0 Å². The number of carbonyl (C=O) groups excluding carboxylic acids is 3. The van der Waals surface area contributed by atoms with Crippen molar-refractivity contribution in [3.05, 3.63) is 65.0 Å². The number of hydrogen-bond acceptors (Lipinski definition) is 4. The van der Waals surface area contributed by atoms with Crippen molar-refractivity contribution in [3.8, 4) is 5.75 Å². The number of halogens is 1. The molecular formula is C21H23FN2O4. The van der Waals surface area contributed by atoms with Crippen LogP contribution in [0.3, 0.4) is 0 Å². The van der Waals surface area contributed by atoms with Crippen molar-refractivity contribution >= 4 is 17.6 Å². The minimum absolute atomic E-state index is 0.0910. The summed E-state index contributed by atoms with van der Waals surface area (Å²) >= 11 is 0. The summed E-state index contributed by atoms with van der Waals surface area (Å²) in [4.78, 5) is 35.5. The van der Waals surface area contributed by atoms with E-state index in [1.807, 2.05) is 0 Å². The Hall–Kier alpha value is -3.22. The van der Waals surface area contributed by atoms with Gasteiger partial charge in [0.25, 0.3) is 11.8 Å². The number of rotatable bonds is 8. The maximum absolute atomic E-state index is 13.5. The van der Waals surface area contributed by atoms with Crippen LogP contribution in [-0.4, -0.2) is 36.8 Å². The second-order valence-corrected chi connectivity index (χ2v) is 6.35. The van der Waals surface area contributed by atoms with Crippen LogP contribution in [0.25, 0.3) is 0 Å². The quantitative estimate of drug-likeness (QED) is 0.540. The third-order valence-corrected chi connectivity index (χ3v) is 4.07. The Bertz CT molecular complexity index is 882. The second-order valence-electron chi connectivity index (χ2n) is 6.35. The van der Waals surface area contributed by atoms with E-state index >= 15 is 0 Å². The number of aryl methyl sites for hydroxylation is 1. The topological polar surface area (TPSA) is 84.5 Å². The van der Waals surface area contributed by atoms with E-state index in [2.05, 4.69) is 10.6 Å². The van der Waals surface area contributed by atoms with Crippen molar-refractivity contribution < 1.29 is 23.5 Å². The zero-order valence-electron chi connectivity index (χ0n) is 16.0. The van der Waals surface area contributed by atoms with Crippen LogP contribution in [0.4, 0.5) is 4.39 Å². The lowest BCUT2D eigenvalue weighted by Gasteiger charge is -2.15. The van der Waals surface area contributed by atoms with E-state index in [1.54, 1.807) is 38.1 Å². The Kier molecular flexibility index (Phi) is 7.26. The fourth-order valence-corrected chi connectivity index (χ4v) is 2.39. The summed E-state index contributed by atoms with van der Waals surface area (Å²) in [5, 5.41) is 5.26. The van der Waals surface area contributed by atoms with Crippen LogP contribution in [0.2, 0.25) is 0 Å². The van der Waals surface area contributed by atoms with Crippen LogP contribution in [0, 0.1) is 12.7 Å². The number of benzene rings is 2. The highest BCUT2D eigenvalue weighted by Crippen LogP contribution is 2.15. The van der Waals surface area contributed by atoms with Crippen LogP contribution in [0.15, 0.2) is 42.5 Å². The lowest BCUT2D eigenvalue weighted by atomic mass is 10.1. The zero-order chi connectivity index (χ0) is 20.7. The first-order valence-electron chi connectivity index (χ1n) is 8.87. The molecule has 0 bridgehead atoms. The van der Waals surface area contributed by atoms with Gasteiger partial charge in [-0.3, -0.25) is 14.4 Å². The summed E-state index contributed by atoms with van der Waals surface area (Å²) in [6.45, 7) is 5.04. The predicted octanol–water partition coefficient (Wildman–Crippen LogP) is 2.65. The molecule has 0 saturated carbocycles. The minimum atomic E-state index is -0.774. The highest BCUT2D eigenvalue weighted by molar-refractivity contribution is 5.94. The summed E-state index contributed by atoms with van der Waals surface area (Å²) in [6.07, 6.45) is -0.774. The number of ketones is 1. The van der Waals surface area contributed by atoms with E-state index in [-0.39, 0.29) is 30.3 Å². The number of amides is 2. The molecule has 7 heteroatoms. The zero-order valence-corrected chi connectivity index (χ0v) is 16.0. The van der Waals surface area contributed by atoms with Crippen LogP contribution in [0.1, 0.15) is 40.1 Å². The molecule has 0 spiro atoms. The van der Waals surface area contributed by atoms with Gasteiger partial charge in [0.05, 0.1) is 0 Å². The lowest BCUT2D eigenvalue weighted by Crippen LogP contribution is -2.40. The summed E-state index contributed by atoms with van der Waals surface area (Å²) in [7, 11) is 0. The van der Waals surface area contributed by atoms with Crippen LogP contribution in [0.5, 0.6) is 5.75 Å². The first-order valence-corrected chi connectivity index (χ1v) is 8.87. The van der Waals surface area contributed by atoms with Gasteiger partial charge in [0, 0.05) is 24.2 Å². The van der Waals surface area contributed by atoms with Crippen LogP contribution >= 0.6 is 0 Å². The average Bonchev–Trinajstić information content (AvgIpc) is 2.67. The Labute approximate surface area is 163 Å². The Morgan fingerprint density at radius 3 is 2.43 bits per heavy atom. The number of carbonyl (C=O) groups is 3. The molecule has 2 N–H and O–H groups in total. The molecule has 28 heavy (non-hydrogen) atoms. The van der Waals surface area contributed by atoms with Gasteiger partial charge >= 0.3 is 0 Å². The van der Waals surface area contributed by atoms with Gasteiger partial charge in [-0.15, -0.1) is 0 Å². The molecular weight excluding hydrogens is 363 g/mol. The van der Waals surface area contributed by atoms with E-state index in [0.29, 0.717) is 16.9 Å². The van der Waals surface area contributed by atoms with Crippen molar-refractivity contribution in [2.24, 2.45) is 0 Å². The number of hydrogen-bond donors (Lipinski definition) is 2. The molecule has 6 nitrogen and oxygen atoms in total. The first kappa shape index (κ1) is 21.1. The Balaban J connectivity index is 1.77. The molecule has 148 valence electrons. The smallest absolute Gasteiger partial charge is 0.260 e. The first-order chi connectivity index (χ1) is 13.3. The molecule has 0 saturated heterocycles. The van der Waals surface area contributed by atoms with Crippen molar-refractivity contribution in [1.82, 2.24) is 10.6 Å². The molecule has 0 radical (unpaired) electrons. The van der Waals surface area contributed by atoms with Gasteiger partial charge in [-0.2, -0.15) is 0 Å². The Morgan fingerprint density at radius 2 is 1.75 bits per heavy atom. The van der Waals surface area contributed by atoms with Gasteiger partial charge in [0.1, 0.15) is 11.6 Å². The van der Waals surface area contributed by atoms with Crippen LogP contribution < -0.4 is 15.4 Å². The highest BCUT2D eigenvalue weighted by atomic mass is 19.1. The van der Waals surface area contributed by atoms with E-state index in [1.165, 1.54) is 25.1 Å². The van der Waals surface area contributed by atoms with E-state index < -0.39 is 17.8 Å². The largest absolute Gasteiger partial charge is 0.481 e. The van der Waals surface area contributed by atoms with E-state index in [4.69, 9.17) is 4.74 Å². The SMILES string of the molecule is CC(=O)c1cccc(OC(C)C(=O)NCCNC(=O)c2ccc(C)c(F)c2)c1. The number of ether oxygens (including phenoxy) is 1. The molecule has 2 rings (SSSR count). The molecule has 0 aromatic heterocycles. The lowest BCUT2D eigenvalue weighted by molar-refractivity contribution is -0.127. The molecule has 0 aliphatic rings. The molecule has 0 heterocycles. The summed E-state index contributed by atoms with van der Waals surface area (Å²) in [5.41, 5.74) is 1.18. The molecule has 1 atom stereocenters. The molecule has 1 unspecified atom stereocenters. The maximum Gasteiger partial charge on any atom is 0.260 e. The van der Waals surface area contributed by atoms with Crippen molar-refractivity contribution in [1.29, 1.82) is 0 Å². The third kappa shape index (κ3) is 5.90. The van der Waals surface area contributed by atoms with Gasteiger partial charge < -0.3 is 15.4 Å². The van der Waals surface area contributed by atoms with E-state index in [0.717, 1.165) is 0 Å². The molecule has 2 aromatic rings. The third-order valence-electron chi connectivity index (χ3n) is 4.07.